The lowest BCUT2D eigenvalue weighted by molar-refractivity contribution is -0.150. The molecule has 104 valence electrons. The SMILES string of the molecule is COC(=O)C(=O)Nc1cc(OC)c(OC)c(OC)c1. The van der Waals surface area contributed by atoms with Crippen molar-refractivity contribution in [3.8, 4) is 17.2 Å². The highest BCUT2D eigenvalue weighted by molar-refractivity contribution is 6.37. The van der Waals surface area contributed by atoms with Crippen molar-refractivity contribution in [2.75, 3.05) is 33.8 Å². The number of methoxy groups -OCH3 is 4. The molecule has 1 rings (SSSR count). The van der Waals surface area contributed by atoms with Crippen LogP contribution < -0.4 is 19.5 Å². The van der Waals surface area contributed by atoms with Crippen LogP contribution in [0.3, 0.4) is 0 Å². The summed E-state index contributed by atoms with van der Waals surface area (Å²) in [6.45, 7) is 0. The van der Waals surface area contributed by atoms with E-state index in [0.29, 0.717) is 22.9 Å². The first-order valence-electron chi connectivity index (χ1n) is 5.26. The highest BCUT2D eigenvalue weighted by Gasteiger charge is 2.18. The molecule has 1 aromatic rings. The van der Waals surface area contributed by atoms with Crippen molar-refractivity contribution in [1.82, 2.24) is 0 Å². The van der Waals surface area contributed by atoms with Crippen molar-refractivity contribution in [3.05, 3.63) is 12.1 Å². The number of anilines is 1. The Hall–Kier alpha value is -2.44. The van der Waals surface area contributed by atoms with Gasteiger partial charge in [-0.05, 0) is 0 Å². The fourth-order valence-electron chi connectivity index (χ4n) is 1.43. The number of hydrogen-bond donors (Lipinski definition) is 1. The van der Waals surface area contributed by atoms with Crippen LogP contribution in [0.1, 0.15) is 0 Å². The van der Waals surface area contributed by atoms with Gasteiger partial charge in [-0.2, -0.15) is 0 Å². The van der Waals surface area contributed by atoms with Crippen molar-refractivity contribution in [3.63, 3.8) is 0 Å². The highest BCUT2D eigenvalue weighted by Crippen LogP contribution is 2.39. The normalized spacial score (nSPS) is 9.47. The first-order valence-corrected chi connectivity index (χ1v) is 5.26. The Labute approximate surface area is 110 Å². The van der Waals surface area contributed by atoms with Gasteiger partial charge in [0.1, 0.15) is 0 Å². The van der Waals surface area contributed by atoms with Crippen molar-refractivity contribution in [2.45, 2.75) is 0 Å². The molecule has 1 amide bonds. The van der Waals surface area contributed by atoms with E-state index in [0.717, 1.165) is 7.11 Å². The van der Waals surface area contributed by atoms with E-state index >= 15 is 0 Å². The average molecular weight is 269 g/mol. The Morgan fingerprint density at radius 3 is 1.84 bits per heavy atom. The number of rotatable bonds is 4. The highest BCUT2D eigenvalue weighted by atomic mass is 16.5. The van der Waals surface area contributed by atoms with Crippen LogP contribution in [0.5, 0.6) is 17.2 Å². The second kappa shape index (κ2) is 6.48. The topological polar surface area (TPSA) is 83.1 Å². The molecule has 0 heterocycles. The molecule has 7 heteroatoms. The zero-order valence-electron chi connectivity index (χ0n) is 11.1. The van der Waals surface area contributed by atoms with Gasteiger partial charge in [0, 0.05) is 17.8 Å². The number of esters is 1. The predicted octanol–water partition coefficient (Wildman–Crippen LogP) is 0.824. The van der Waals surface area contributed by atoms with Gasteiger partial charge in [-0.15, -0.1) is 0 Å². The Balaban J connectivity index is 3.09. The fourth-order valence-corrected chi connectivity index (χ4v) is 1.43. The molecule has 0 saturated carbocycles. The molecule has 1 N–H and O–H groups in total. The predicted molar refractivity (Wildman–Crippen MR) is 66.7 cm³/mol. The summed E-state index contributed by atoms with van der Waals surface area (Å²) >= 11 is 0. The molecular weight excluding hydrogens is 254 g/mol. The molecule has 0 saturated heterocycles. The van der Waals surface area contributed by atoms with Crippen LogP contribution in [0.15, 0.2) is 12.1 Å². The molecule has 19 heavy (non-hydrogen) atoms. The van der Waals surface area contributed by atoms with Crippen molar-refractivity contribution < 1.29 is 28.5 Å². The third-order valence-corrected chi connectivity index (χ3v) is 2.29. The van der Waals surface area contributed by atoms with Crippen molar-refractivity contribution in [2.24, 2.45) is 0 Å². The number of benzene rings is 1. The van der Waals surface area contributed by atoms with E-state index in [4.69, 9.17) is 14.2 Å². The quantitative estimate of drug-likeness (QED) is 0.643. The molecule has 0 aromatic heterocycles. The van der Waals surface area contributed by atoms with Crippen LogP contribution in [-0.2, 0) is 14.3 Å². The lowest BCUT2D eigenvalue weighted by Crippen LogP contribution is -2.23. The number of ether oxygens (including phenoxy) is 4. The van der Waals surface area contributed by atoms with Crippen LogP contribution >= 0.6 is 0 Å². The monoisotopic (exact) mass is 269 g/mol. The van der Waals surface area contributed by atoms with E-state index in [-0.39, 0.29) is 0 Å². The second-order valence-corrected chi connectivity index (χ2v) is 3.36. The molecule has 0 aliphatic heterocycles. The smallest absolute Gasteiger partial charge is 0.396 e. The molecule has 0 aliphatic rings. The van der Waals surface area contributed by atoms with Crippen molar-refractivity contribution in [1.29, 1.82) is 0 Å². The second-order valence-electron chi connectivity index (χ2n) is 3.36. The summed E-state index contributed by atoms with van der Waals surface area (Å²) < 4.78 is 19.7. The van der Waals surface area contributed by atoms with Gasteiger partial charge in [-0.1, -0.05) is 0 Å². The fraction of sp³-hybridized carbons (Fsp3) is 0.333. The maximum atomic E-state index is 11.4. The van der Waals surface area contributed by atoms with E-state index in [2.05, 4.69) is 10.1 Å². The van der Waals surface area contributed by atoms with Crippen LogP contribution in [0.2, 0.25) is 0 Å². The maximum absolute atomic E-state index is 11.4. The van der Waals surface area contributed by atoms with E-state index in [1.807, 2.05) is 0 Å². The number of nitrogens with one attached hydrogen (secondary N) is 1. The molecule has 1 aromatic carbocycles. The Kier molecular flexibility index (Phi) is 4.99. The van der Waals surface area contributed by atoms with E-state index in [9.17, 15) is 9.59 Å². The summed E-state index contributed by atoms with van der Waals surface area (Å²) in [7, 11) is 5.48. The number of carbonyl (C=O) groups is 2. The molecule has 0 bridgehead atoms. The van der Waals surface area contributed by atoms with Gasteiger partial charge >= 0.3 is 11.9 Å². The molecular formula is C12H15NO6. The molecule has 0 aliphatic carbocycles. The minimum Gasteiger partial charge on any atom is -0.493 e. The first-order chi connectivity index (χ1) is 9.07. The van der Waals surface area contributed by atoms with Gasteiger partial charge in [-0.3, -0.25) is 4.79 Å². The van der Waals surface area contributed by atoms with Crippen molar-refractivity contribution >= 4 is 17.6 Å². The summed E-state index contributed by atoms with van der Waals surface area (Å²) in [4.78, 5) is 22.4. The van der Waals surface area contributed by atoms with Crippen LogP contribution in [0.25, 0.3) is 0 Å². The summed E-state index contributed by atoms with van der Waals surface area (Å²) in [6, 6.07) is 3.00. The third-order valence-electron chi connectivity index (χ3n) is 2.29. The Morgan fingerprint density at radius 1 is 0.947 bits per heavy atom. The molecule has 0 fully saturated rings. The standard InChI is InChI=1S/C12H15NO6/c1-16-8-5-7(13-11(14)12(15)19-4)6-9(17-2)10(8)18-3/h5-6H,1-4H3,(H,13,14). The summed E-state index contributed by atoms with van der Waals surface area (Å²) in [6.07, 6.45) is 0. The van der Waals surface area contributed by atoms with E-state index in [1.165, 1.54) is 33.5 Å². The maximum Gasteiger partial charge on any atom is 0.396 e. The molecule has 7 nitrogen and oxygen atoms in total. The minimum atomic E-state index is -0.992. The van der Waals surface area contributed by atoms with Gasteiger partial charge in [0.05, 0.1) is 28.4 Å². The number of amides is 1. The zero-order chi connectivity index (χ0) is 14.4. The molecule has 0 radical (unpaired) electrons. The summed E-state index contributed by atoms with van der Waals surface area (Å²) in [5.74, 6) is -0.768. The lowest BCUT2D eigenvalue weighted by atomic mass is 10.2. The van der Waals surface area contributed by atoms with Gasteiger partial charge < -0.3 is 24.3 Å². The Bertz CT molecular complexity index is 460. The lowest BCUT2D eigenvalue weighted by Gasteiger charge is -2.14. The zero-order valence-corrected chi connectivity index (χ0v) is 11.1. The summed E-state index contributed by atoms with van der Waals surface area (Å²) in [5, 5.41) is 2.36. The number of carbonyl (C=O) groups excluding carboxylic acids is 2. The first kappa shape index (κ1) is 14.6. The Morgan fingerprint density at radius 2 is 1.47 bits per heavy atom. The van der Waals surface area contributed by atoms with Crippen LogP contribution in [-0.4, -0.2) is 40.3 Å². The number of hydrogen-bond acceptors (Lipinski definition) is 6. The van der Waals surface area contributed by atoms with Gasteiger partial charge in [0.2, 0.25) is 5.75 Å². The summed E-state index contributed by atoms with van der Waals surface area (Å²) in [5.41, 5.74) is 0.324. The van der Waals surface area contributed by atoms with E-state index < -0.39 is 11.9 Å². The molecule has 0 unspecified atom stereocenters. The average Bonchev–Trinajstić information content (AvgIpc) is 2.44. The van der Waals surface area contributed by atoms with Gasteiger partial charge in [0.15, 0.2) is 11.5 Å². The van der Waals surface area contributed by atoms with Crippen LogP contribution in [0, 0.1) is 0 Å². The largest absolute Gasteiger partial charge is 0.493 e. The minimum absolute atomic E-state index is 0.324. The third kappa shape index (κ3) is 3.27. The molecule has 0 atom stereocenters. The van der Waals surface area contributed by atoms with Gasteiger partial charge in [-0.25, -0.2) is 4.79 Å². The molecule has 0 spiro atoms. The van der Waals surface area contributed by atoms with E-state index in [1.54, 1.807) is 0 Å². The van der Waals surface area contributed by atoms with Crippen LogP contribution in [0.4, 0.5) is 5.69 Å². The van der Waals surface area contributed by atoms with Gasteiger partial charge in [0.25, 0.3) is 0 Å².